The molecule has 0 spiro atoms. The summed E-state index contributed by atoms with van der Waals surface area (Å²) in [6, 6.07) is 13.0. The molecule has 1 heterocycles. The molecule has 1 N–H and O–H groups in total. The second-order valence-corrected chi connectivity index (χ2v) is 7.22. The molecule has 0 aliphatic carbocycles. The average Bonchev–Trinajstić information content (AvgIpc) is 2.63. The molecule has 130 valence electrons. The summed E-state index contributed by atoms with van der Waals surface area (Å²) >= 11 is 7.75. The molecule has 2 aromatic carbocycles. The second kappa shape index (κ2) is 7.93. The van der Waals surface area contributed by atoms with E-state index in [9.17, 15) is 9.59 Å². The van der Waals surface area contributed by atoms with Gasteiger partial charge in [0.05, 0.1) is 18.0 Å². The Hall–Kier alpha value is -1.98. The zero-order valence-corrected chi connectivity index (χ0v) is 15.5. The number of thioether (sulfide) groups is 1. The van der Waals surface area contributed by atoms with Crippen molar-refractivity contribution in [3.05, 3.63) is 58.6 Å². The lowest BCUT2D eigenvalue weighted by Crippen LogP contribution is -2.35. The van der Waals surface area contributed by atoms with E-state index in [-0.39, 0.29) is 11.8 Å². The first-order valence-corrected chi connectivity index (χ1v) is 9.55. The number of nitrogens with one attached hydrogen (secondary N) is 1. The van der Waals surface area contributed by atoms with Crippen molar-refractivity contribution in [3.63, 3.8) is 0 Å². The summed E-state index contributed by atoms with van der Waals surface area (Å²) in [5.74, 6) is 0.285. The first-order chi connectivity index (χ1) is 12.1. The van der Waals surface area contributed by atoms with Gasteiger partial charge in [-0.2, -0.15) is 0 Å². The maximum atomic E-state index is 12.5. The highest BCUT2D eigenvalue weighted by atomic mass is 35.5. The molecule has 6 heteroatoms. The molecule has 3 rings (SSSR count). The summed E-state index contributed by atoms with van der Waals surface area (Å²) in [7, 11) is 0. The normalized spacial score (nSPS) is 13.5. The predicted molar refractivity (Wildman–Crippen MR) is 102 cm³/mol. The van der Waals surface area contributed by atoms with Gasteiger partial charge in [-0.25, -0.2) is 0 Å². The van der Waals surface area contributed by atoms with Gasteiger partial charge in [-0.15, -0.1) is 11.8 Å². The standard InChI is InChI=1S/C19H19ClN2O2S/c1-2-9-21-19(24)13-7-8-17-16(10-13)22(18(23)12-25-17)11-14-5-3-4-6-15(14)20/h3-8,10H,2,9,11-12H2,1H3,(H,21,24). The molecule has 0 fully saturated rings. The van der Waals surface area contributed by atoms with Crippen molar-refractivity contribution in [3.8, 4) is 0 Å². The maximum Gasteiger partial charge on any atom is 0.251 e. The quantitative estimate of drug-likeness (QED) is 0.856. The van der Waals surface area contributed by atoms with Gasteiger partial charge in [-0.3, -0.25) is 9.59 Å². The molecule has 0 unspecified atom stereocenters. The summed E-state index contributed by atoms with van der Waals surface area (Å²) in [5.41, 5.74) is 2.22. The molecule has 25 heavy (non-hydrogen) atoms. The van der Waals surface area contributed by atoms with Crippen LogP contribution >= 0.6 is 23.4 Å². The molecular formula is C19H19ClN2O2S. The van der Waals surface area contributed by atoms with E-state index in [0.717, 1.165) is 22.6 Å². The third kappa shape index (κ3) is 3.99. The summed E-state index contributed by atoms with van der Waals surface area (Å²) in [5, 5.41) is 3.50. The first kappa shape index (κ1) is 17.8. The number of hydrogen-bond acceptors (Lipinski definition) is 3. The van der Waals surface area contributed by atoms with Crippen LogP contribution in [0.5, 0.6) is 0 Å². The van der Waals surface area contributed by atoms with Crippen LogP contribution in [-0.4, -0.2) is 24.1 Å². The van der Waals surface area contributed by atoms with Crippen LogP contribution in [-0.2, 0) is 11.3 Å². The van der Waals surface area contributed by atoms with Crippen molar-refractivity contribution in [1.29, 1.82) is 0 Å². The number of amides is 2. The SMILES string of the molecule is CCCNC(=O)c1ccc2c(c1)N(Cc1ccccc1Cl)C(=O)CS2. The van der Waals surface area contributed by atoms with Gasteiger partial charge >= 0.3 is 0 Å². The topological polar surface area (TPSA) is 49.4 Å². The number of anilines is 1. The number of carbonyl (C=O) groups is 2. The van der Waals surface area contributed by atoms with Gasteiger partial charge in [0.15, 0.2) is 0 Å². The number of nitrogens with zero attached hydrogens (tertiary/aromatic N) is 1. The Morgan fingerprint density at radius 1 is 1.28 bits per heavy atom. The number of carbonyl (C=O) groups excluding carboxylic acids is 2. The van der Waals surface area contributed by atoms with Crippen LogP contribution in [0, 0.1) is 0 Å². The van der Waals surface area contributed by atoms with E-state index in [4.69, 9.17) is 11.6 Å². The number of benzene rings is 2. The lowest BCUT2D eigenvalue weighted by molar-refractivity contribution is -0.116. The van der Waals surface area contributed by atoms with E-state index in [1.807, 2.05) is 37.3 Å². The smallest absolute Gasteiger partial charge is 0.251 e. The highest BCUT2D eigenvalue weighted by Crippen LogP contribution is 2.37. The highest BCUT2D eigenvalue weighted by Gasteiger charge is 2.26. The van der Waals surface area contributed by atoms with Crippen LogP contribution in [0.2, 0.25) is 5.02 Å². The van der Waals surface area contributed by atoms with Crippen molar-refractivity contribution >= 4 is 40.9 Å². The van der Waals surface area contributed by atoms with Crippen molar-refractivity contribution in [2.75, 3.05) is 17.2 Å². The molecule has 2 amide bonds. The van der Waals surface area contributed by atoms with Crippen LogP contribution in [0.25, 0.3) is 0 Å². The van der Waals surface area contributed by atoms with Crippen LogP contribution in [0.4, 0.5) is 5.69 Å². The number of hydrogen-bond donors (Lipinski definition) is 1. The van der Waals surface area contributed by atoms with Crippen LogP contribution in [0.15, 0.2) is 47.4 Å². The Kier molecular flexibility index (Phi) is 5.66. The average molecular weight is 375 g/mol. The minimum absolute atomic E-state index is 0.0172. The third-order valence-electron chi connectivity index (χ3n) is 3.99. The van der Waals surface area contributed by atoms with Gasteiger partial charge in [0.1, 0.15) is 0 Å². The Balaban J connectivity index is 1.92. The van der Waals surface area contributed by atoms with Gasteiger partial charge in [0.25, 0.3) is 5.91 Å². The minimum Gasteiger partial charge on any atom is -0.352 e. The monoisotopic (exact) mass is 374 g/mol. The number of fused-ring (bicyclic) bond motifs is 1. The van der Waals surface area contributed by atoms with Gasteiger partial charge in [0, 0.05) is 22.0 Å². The Morgan fingerprint density at radius 2 is 2.08 bits per heavy atom. The molecular weight excluding hydrogens is 356 g/mol. The summed E-state index contributed by atoms with van der Waals surface area (Å²) < 4.78 is 0. The zero-order valence-electron chi connectivity index (χ0n) is 13.9. The van der Waals surface area contributed by atoms with Gasteiger partial charge in [0.2, 0.25) is 5.91 Å². The van der Waals surface area contributed by atoms with E-state index in [1.165, 1.54) is 11.8 Å². The fourth-order valence-corrected chi connectivity index (χ4v) is 3.77. The van der Waals surface area contributed by atoms with Gasteiger partial charge < -0.3 is 10.2 Å². The molecule has 0 saturated carbocycles. The molecule has 4 nitrogen and oxygen atoms in total. The summed E-state index contributed by atoms with van der Waals surface area (Å²) in [4.78, 5) is 27.4. The van der Waals surface area contributed by atoms with Crippen LogP contribution in [0.3, 0.4) is 0 Å². The predicted octanol–water partition coefficient (Wildman–Crippen LogP) is 4.12. The molecule has 0 aromatic heterocycles. The molecule has 2 aromatic rings. The molecule has 1 aliphatic heterocycles. The molecule has 0 atom stereocenters. The van der Waals surface area contributed by atoms with E-state index >= 15 is 0 Å². The molecule has 0 radical (unpaired) electrons. The van der Waals surface area contributed by atoms with Crippen LogP contribution in [0.1, 0.15) is 29.3 Å². The van der Waals surface area contributed by atoms with E-state index in [2.05, 4.69) is 5.32 Å². The Bertz CT molecular complexity index is 810. The highest BCUT2D eigenvalue weighted by molar-refractivity contribution is 8.00. The summed E-state index contributed by atoms with van der Waals surface area (Å²) in [6.45, 7) is 3.03. The summed E-state index contributed by atoms with van der Waals surface area (Å²) in [6.07, 6.45) is 0.879. The third-order valence-corrected chi connectivity index (χ3v) is 5.40. The van der Waals surface area contributed by atoms with Crippen molar-refractivity contribution in [2.24, 2.45) is 0 Å². The van der Waals surface area contributed by atoms with Crippen molar-refractivity contribution < 1.29 is 9.59 Å². The fraction of sp³-hybridized carbons (Fsp3) is 0.263. The Morgan fingerprint density at radius 3 is 2.84 bits per heavy atom. The number of halogens is 1. The molecule has 0 saturated heterocycles. The largest absolute Gasteiger partial charge is 0.352 e. The maximum absolute atomic E-state index is 12.5. The van der Waals surface area contributed by atoms with Crippen molar-refractivity contribution in [1.82, 2.24) is 5.32 Å². The lowest BCUT2D eigenvalue weighted by atomic mass is 10.1. The lowest BCUT2D eigenvalue weighted by Gasteiger charge is -2.29. The van der Waals surface area contributed by atoms with Crippen molar-refractivity contribution in [2.45, 2.75) is 24.8 Å². The zero-order chi connectivity index (χ0) is 17.8. The second-order valence-electron chi connectivity index (χ2n) is 5.80. The van der Waals surface area contributed by atoms with E-state index < -0.39 is 0 Å². The van der Waals surface area contributed by atoms with Crippen LogP contribution < -0.4 is 10.2 Å². The first-order valence-electron chi connectivity index (χ1n) is 8.19. The molecule has 1 aliphatic rings. The van der Waals surface area contributed by atoms with Gasteiger partial charge in [-0.1, -0.05) is 36.7 Å². The van der Waals surface area contributed by atoms with E-state index in [1.54, 1.807) is 17.0 Å². The number of rotatable bonds is 5. The fourth-order valence-electron chi connectivity index (χ4n) is 2.65. The van der Waals surface area contributed by atoms with Gasteiger partial charge in [-0.05, 0) is 36.2 Å². The minimum atomic E-state index is -0.120. The molecule has 0 bridgehead atoms. The van der Waals surface area contributed by atoms with E-state index in [0.29, 0.717) is 29.4 Å². The Labute approximate surface area is 156 Å².